The minimum absolute atomic E-state index is 0.0494. The third kappa shape index (κ3) is 3.68. The summed E-state index contributed by atoms with van der Waals surface area (Å²) in [6, 6.07) is -0.385. The van der Waals surface area contributed by atoms with Gasteiger partial charge in [-0.3, -0.25) is 9.69 Å². The number of aromatic nitrogens is 3. The van der Waals surface area contributed by atoms with Gasteiger partial charge in [0.25, 0.3) is 5.91 Å². The molecule has 30 heavy (non-hydrogen) atoms. The van der Waals surface area contributed by atoms with E-state index in [9.17, 15) is 22.8 Å². The molecule has 1 unspecified atom stereocenters. The fraction of sp³-hybridized carbons (Fsp3) is 0.579. The number of carbonyl (C=O) groups is 2. The maximum atomic E-state index is 13.3. The summed E-state index contributed by atoms with van der Waals surface area (Å²) >= 11 is 0. The summed E-state index contributed by atoms with van der Waals surface area (Å²) in [5, 5.41) is 6.21. The van der Waals surface area contributed by atoms with E-state index in [0.29, 0.717) is 44.0 Å². The number of alkyl halides is 3. The number of hydrogen-bond donors (Lipinski definition) is 1. The third-order valence-electron chi connectivity index (χ3n) is 5.58. The average molecular weight is 424 g/mol. The number of nitrogens with zero attached hydrogens (tertiary/aromatic N) is 5. The van der Waals surface area contributed by atoms with Crippen LogP contribution in [0.4, 0.5) is 23.8 Å². The molecule has 0 radical (unpaired) electrons. The highest BCUT2D eigenvalue weighted by atomic mass is 19.4. The molecule has 1 saturated carbocycles. The molecule has 1 saturated heterocycles. The Balaban J connectivity index is 1.67. The maximum Gasteiger partial charge on any atom is 0.408 e. The van der Waals surface area contributed by atoms with Crippen LogP contribution >= 0.6 is 0 Å². The van der Waals surface area contributed by atoms with E-state index in [-0.39, 0.29) is 17.2 Å². The molecule has 11 heteroatoms. The lowest BCUT2D eigenvalue weighted by Crippen LogP contribution is -2.49. The van der Waals surface area contributed by atoms with Crippen LogP contribution in [-0.4, -0.2) is 63.3 Å². The Morgan fingerprint density at radius 1 is 1.33 bits per heavy atom. The Kier molecular flexibility index (Phi) is 5.07. The van der Waals surface area contributed by atoms with Crippen LogP contribution < -0.4 is 10.2 Å². The topological polar surface area (TPSA) is 82.8 Å². The minimum atomic E-state index is -4.52. The van der Waals surface area contributed by atoms with Crippen molar-refractivity contribution in [3.8, 4) is 0 Å². The maximum absolute atomic E-state index is 13.3. The van der Waals surface area contributed by atoms with Crippen LogP contribution in [0.1, 0.15) is 42.2 Å². The smallest absolute Gasteiger partial charge is 0.340 e. The van der Waals surface area contributed by atoms with Gasteiger partial charge in [0.1, 0.15) is 17.4 Å². The largest absolute Gasteiger partial charge is 0.408 e. The van der Waals surface area contributed by atoms with Crippen LogP contribution in [0.15, 0.2) is 12.3 Å². The molecular formula is C19H23F3N6O2. The molecule has 4 rings (SSSR count). The third-order valence-corrected chi connectivity index (χ3v) is 5.58. The van der Waals surface area contributed by atoms with Crippen molar-refractivity contribution in [1.29, 1.82) is 0 Å². The van der Waals surface area contributed by atoms with Crippen molar-refractivity contribution >= 4 is 23.4 Å². The van der Waals surface area contributed by atoms with Gasteiger partial charge in [0.05, 0.1) is 6.20 Å². The van der Waals surface area contributed by atoms with Crippen LogP contribution in [-0.2, 0) is 0 Å². The standard InChI is InChI=1S/C19H23F3N6O2/c1-3-26-7-4-8-27(18(26)30)14-9-11(2)28-16(24-14)13(10-23-28)17(29)25-15(12-5-6-12)19(20,21)22/h9-10,12,15H,3-8H2,1-2H3,(H,25,29). The second-order valence-electron chi connectivity index (χ2n) is 7.75. The van der Waals surface area contributed by atoms with E-state index in [2.05, 4.69) is 15.4 Å². The molecule has 162 valence electrons. The van der Waals surface area contributed by atoms with Gasteiger partial charge >= 0.3 is 12.2 Å². The monoisotopic (exact) mass is 424 g/mol. The molecule has 1 aliphatic carbocycles. The lowest BCUT2D eigenvalue weighted by molar-refractivity contribution is -0.158. The van der Waals surface area contributed by atoms with Crippen molar-refractivity contribution in [2.24, 2.45) is 5.92 Å². The summed E-state index contributed by atoms with van der Waals surface area (Å²) in [4.78, 5) is 33.0. The van der Waals surface area contributed by atoms with E-state index in [4.69, 9.17) is 0 Å². The zero-order valence-electron chi connectivity index (χ0n) is 16.7. The number of urea groups is 1. The molecule has 1 aliphatic heterocycles. The number of aryl methyl sites for hydroxylation is 1. The predicted molar refractivity (Wildman–Crippen MR) is 102 cm³/mol. The molecule has 3 amide bonds. The zero-order valence-corrected chi connectivity index (χ0v) is 16.7. The van der Waals surface area contributed by atoms with Gasteiger partial charge in [0, 0.05) is 31.4 Å². The van der Waals surface area contributed by atoms with Gasteiger partial charge in [-0.2, -0.15) is 18.3 Å². The molecule has 2 aromatic heterocycles. The minimum Gasteiger partial charge on any atom is -0.340 e. The van der Waals surface area contributed by atoms with Gasteiger partial charge in [0.2, 0.25) is 0 Å². The lowest BCUT2D eigenvalue weighted by atomic mass is 10.1. The molecule has 0 spiro atoms. The highest BCUT2D eigenvalue weighted by Gasteiger charge is 2.49. The first-order valence-electron chi connectivity index (χ1n) is 10.00. The van der Waals surface area contributed by atoms with Crippen LogP contribution in [0, 0.1) is 12.8 Å². The highest BCUT2D eigenvalue weighted by Crippen LogP contribution is 2.40. The van der Waals surface area contributed by atoms with Crippen molar-refractivity contribution < 1.29 is 22.8 Å². The average Bonchev–Trinajstić information content (AvgIpc) is 3.43. The normalized spacial score (nSPS) is 18.8. The first kappa shape index (κ1) is 20.4. The predicted octanol–water partition coefficient (Wildman–Crippen LogP) is 2.76. The molecule has 0 bridgehead atoms. The van der Waals surface area contributed by atoms with E-state index in [1.807, 2.05) is 6.92 Å². The Labute approximate surface area is 171 Å². The van der Waals surface area contributed by atoms with Gasteiger partial charge in [-0.15, -0.1) is 0 Å². The van der Waals surface area contributed by atoms with Crippen LogP contribution in [0.5, 0.6) is 0 Å². The SMILES string of the molecule is CCN1CCCN(c2cc(C)n3ncc(C(=O)NC(C4CC4)C(F)(F)F)c3n2)C1=O. The van der Waals surface area contributed by atoms with Crippen molar-refractivity contribution in [3.05, 3.63) is 23.5 Å². The van der Waals surface area contributed by atoms with E-state index in [1.54, 1.807) is 17.9 Å². The number of amides is 3. The van der Waals surface area contributed by atoms with Crippen molar-refractivity contribution in [2.45, 2.75) is 45.3 Å². The molecule has 2 aromatic rings. The molecule has 3 heterocycles. The summed E-state index contributed by atoms with van der Waals surface area (Å²) < 4.78 is 41.3. The van der Waals surface area contributed by atoms with E-state index in [1.165, 1.54) is 15.6 Å². The first-order chi connectivity index (χ1) is 14.2. The number of hydrogen-bond acceptors (Lipinski definition) is 4. The Morgan fingerprint density at radius 3 is 2.70 bits per heavy atom. The van der Waals surface area contributed by atoms with Gasteiger partial charge < -0.3 is 10.2 Å². The number of halogens is 3. The Hall–Kier alpha value is -2.85. The van der Waals surface area contributed by atoms with Crippen LogP contribution in [0.2, 0.25) is 0 Å². The fourth-order valence-electron chi connectivity index (χ4n) is 3.80. The Bertz CT molecular complexity index is 985. The van der Waals surface area contributed by atoms with Crippen molar-refractivity contribution in [3.63, 3.8) is 0 Å². The summed E-state index contributed by atoms with van der Waals surface area (Å²) in [5.74, 6) is -1.11. The zero-order chi connectivity index (χ0) is 21.6. The quantitative estimate of drug-likeness (QED) is 0.800. The summed E-state index contributed by atoms with van der Waals surface area (Å²) in [5.41, 5.74) is 0.692. The molecule has 1 atom stereocenters. The van der Waals surface area contributed by atoms with Crippen LogP contribution in [0.25, 0.3) is 5.65 Å². The number of rotatable bonds is 5. The first-order valence-corrected chi connectivity index (χ1v) is 10.00. The number of nitrogens with one attached hydrogen (secondary N) is 1. The molecule has 1 N–H and O–H groups in total. The van der Waals surface area contributed by atoms with Crippen LogP contribution in [0.3, 0.4) is 0 Å². The Morgan fingerprint density at radius 2 is 2.07 bits per heavy atom. The van der Waals surface area contributed by atoms with E-state index < -0.39 is 24.0 Å². The summed E-state index contributed by atoms with van der Waals surface area (Å²) in [6.07, 6.45) is -1.66. The van der Waals surface area contributed by atoms with Gasteiger partial charge in [-0.05, 0) is 39.0 Å². The van der Waals surface area contributed by atoms with Gasteiger partial charge in [-0.1, -0.05) is 0 Å². The van der Waals surface area contributed by atoms with Gasteiger partial charge in [-0.25, -0.2) is 14.3 Å². The highest BCUT2D eigenvalue weighted by molar-refractivity contribution is 6.00. The van der Waals surface area contributed by atoms with E-state index >= 15 is 0 Å². The fourth-order valence-corrected chi connectivity index (χ4v) is 3.80. The molecular weight excluding hydrogens is 401 g/mol. The molecule has 8 nitrogen and oxygen atoms in total. The van der Waals surface area contributed by atoms with Crippen molar-refractivity contribution in [1.82, 2.24) is 24.8 Å². The van der Waals surface area contributed by atoms with Gasteiger partial charge in [0.15, 0.2) is 5.65 Å². The van der Waals surface area contributed by atoms with E-state index in [0.717, 1.165) is 6.42 Å². The van der Waals surface area contributed by atoms with Crippen molar-refractivity contribution in [2.75, 3.05) is 24.5 Å². The molecule has 2 fully saturated rings. The summed E-state index contributed by atoms with van der Waals surface area (Å²) in [6.45, 7) is 5.33. The number of anilines is 1. The number of carbonyl (C=O) groups excluding carboxylic acids is 2. The number of fused-ring (bicyclic) bond motifs is 1. The summed E-state index contributed by atoms with van der Waals surface area (Å²) in [7, 11) is 0. The lowest BCUT2D eigenvalue weighted by Gasteiger charge is -2.34. The molecule has 2 aliphatic rings. The second-order valence-corrected chi connectivity index (χ2v) is 7.75. The molecule has 0 aromatic carbocycles. The second kappa shape index (κ2) is 7.44.